The molecule has 1 aromatic rings. The van der Waals surface area contributed by atoms with E-state index in [2.05, 4.69) is 0 Å². The average molecular weight is 204 g/mol. The average Bonchev–Trinajstić information content (AvgIpc) is 2.83. The number of benzene rings is 1. The summed E-state index contributed by atoms with van der Waals surface area (Å²) in [6, 6.07) is 7.26. The van der Waals surface area contributed by atoms with Crippen LogP contribution >= 0.6 is 0 Å². The van der Waals surface area contributed by atoms with Crippen LogP contribution in [0.4, 0.5) is 0 Å². The predicted octanol–water partition coefficient (Wildman–Crippen LogP) is 2.96. The van der Waals surface area contributed by atoms with Gasteiger partial charge in [-0.05, 0) is 49.7 Å². The lowest BCUT2D eigenvalue weighted by atomic mass is 9.98. The number of rotatable bonds is 2. The van der Waals surface area contributed by atoms with E-state index >= 15 is 0 Å². The number of hydrogen-bond acceptors (Lipinski definition) is 2. The first kappa shape index (κ1) is 9.08. The fraction of sp³-hybridized carbons (Fsp3) is 0.538. The fourth-order valence-electron chi connectivity index (χ4n) is 3.05. The quantitative estimate of drug-likeness (QED) is 0.802. The van der Waals surface area contributed by atoms with E-state index in [1.165, 1.54) is 25.7 Å². The number of ether oxygens (including phenoxy) is 1. The normalized spacial score (nSPS) is 33.2. The molecule has 2 aliphatic rings. The van der Waals surface area contributed by atoms with Crippen molar-refractivity contribution in [2.45, 2.75) is 31.8 Å². The zero-order chi connectivity index (χ0) is 10.3. The number of fused-ring (bicyclic) bond motifs is 2. The first-order chi connectivity index (χ1) is 7.33. The van der Waals surface area contributed by atoms with Gasteiger partial charge in [0.1, 0.15) is 6.10 Å². The van der Waals surface area contributed by atoms with Gasteiger partial charge in [-0.25, -0.2) is 0 Å². The number of para-hydroxylation sites is 2. The van der Waals surface area contributed by atoms with Gasteiger partial charge < -0.3 is 9.84 Å². The fourth-order valence-corrected chi connectivity index (χ4v) is 3.05. The van der Waals surface area contributed by atoms with Gasteiger partial charge in [0.2, 0.25) is 0 Å². The van der Waals surface area contributed by atoms with Gasteiger partial charge in [-0.15, -0.1) is 0 Å². The molecule has 0 aliphatic heterocycles. The highest BCUT2D eigenvalue weighted by Gasteiger charge is 2.41. The molecule has 0 heterocycles. The van der Waals surface area contributed by atoms with Crippen molar-refractivity contribution in [3.63, 3.8) is 0 Å². The topological polar surface area (TPSA) is 29.5 Å². The van der Waals surface area contributed by atoms with E-state index in [1.807, 2.05) is 18.2 Å². The second kappa shape index (κ2) is 3.44. The number of hydrogen-bond donors (Lipinski definition) is 1. The van der Waals surface area contributed by atoms with E-state index in [0.29, 0.717) is 11.9 Å². The molecular weight excluding hydrogens is 188 g/mol. The standard InChI is InChI=1S/C13H16O2/c14-11-3-1-2-4-12(11)15-13-8-9-5-6-10(13)7-9/h1-4,9-10,13-14H,5-8H2/t9-,10-,13-/m0/s1. The van der Waals surface area contributed by atoms with Crippen LogP contribution in [0.3, 0.4) is 0 Å². The smallest absolute Gasteiger partial charge is 0.161 e. The first-order valence-corrected chi connectivity index (χ1v) is 5.77. The summed E-state index contributed by atoms with van der Waals surface area (Å²) in [5, 5.41) is 9.62. The zero-order valence-corrected chi connectivity index (χ0v) is 8.73. The number of phenolic OH excluding ortho intramolecular Hbond substituents is 1. The molecule has 80 valence electrons. The van der Waals surface area contributed by atoms with Crippen molar-refractivity contribution in [3.8, 4) is 11.5 Å². The van der Waals surface area contributed by atoms with Crippen molar-refractivity contribution in [1.82, 2.24) is 0 Å². The Morgan fingerprint density at radius 3 is 2.67 bits per heavy atom. The Labute approximate surface area is 89.9 Å². The van der Waals surface area contributed by atoms with Gasteiger partial charge >= 0.3 is 0 Å². The molecule has 2 saturated carbocycles. The van der Waals surface area contributed by atoms with Crippen molar-refractivity contribution < 1.29 is 9.84 Å². The van der Waals surface area contributed by atoms with Crippen molar-refractivity contribution in [1.29, 1.82) is 0 Å². The molecule has 1 N–H and O–H groups in total. The van der Waals surface area contributed by atoms with E-state index in [1.54, 1.807) is 6.07 Å². The molecule has 0 amide bonds. The minimum Gasteiger partial charge on any atom is -0.504 e. The predicted molar refractivity (Wildman–Crippen MR) is 58.0 cm³/mol. The second-order valence-corrected chi connectivity index (χ2v) is 4.80. The molecule has 0 spiro atoms. The van der Waals surface area contributed by atoms with E-state index in [0.717, 1.165) is 11.8 Å². The Bertz CT molecular complexity index is 361. The molecule has 0 saturated heterocycles. The maximum atomic E-state index is 9.62. The molecule has 3 rings (SSSR count). The van der Waals surface area contributed by atoms with E-state index < -0.39 is 0 Å². The summed E-state index contributed by atoms with van der Waals surface area (Å²) in [7, 11) is 0. The van der Waals surface area contributed by atoms with Crippen molar-refractivity contribution in [3.05, 3.63) is 24.3 Å². The maximum absolute atomic E-state index is 9.62. The Morgan fingerprint density at radius 1 is 1.13 bits per heavy atom. The Morgan fingerprint density at radius 2 is 2.00 bits per heavy atom. The molecule has 0 radical (unpaired) electrons. The molecule has 2 aliphatic carbocycles. The van der Waals surface area contributed by atoms with Crippen LogP contribution in [0.25, 0.3) is 0 Å². The Kier molecular flexibility index (Phi) is 2.08. The van der Waals surface area contributed by atoms with Gasteiger partial charge in [0.05, 0.1) is 0 Å². The molecule has 0 unspecified atom stereocenters. The number of phenols is 1. The molecule has 2 nitrogen and oxygen atoms in total. The first-order valence-electron chi connectivity index (χ1n) is 5.77. The molecule has 2 fully saturated rings. The van der Waals surface area contributed by atoms with Crippen LogP contribution in [0.2, 0.25) is 0 Å². The van der Waals surface area contributed by atoms with Gasteiger partial charge in [-0.3, -0.25) is 0 Å². The van der Waals surface area contributed by atoms with Gasteiger partial charge in [0, 0.05) is 0 Å². The van der Waals surface area contributed by atoms with Crippen LogP contribution in [0.5, 0.6) is 11.5 Å². The summed E-state index contributed by atoms with van der Waals surface area (Å²) in [6.07, 6.45) is 5.54. The summed E-state index contributed by atoms with van der Waals surface area (Å²) in [6.45, 7) is 0. The summed E-state index contributed by atoms with van der Waals surface area (Å²) in [5.74, 6) is 2.52. The minimum atomic E-state index is 0.264. The minimum absolute atomic E-state index is 0.264. The summed E-state index contributed by atoms with van der Waals surface area (Å²) in [4.78, 5) is 0. The third-order valence-corrected chi connectivity index (χ3v) is 3.82. The Hall–Kier alpha value is -1.18. The third-order valence-electron chi connectivity index (χ3n) is 3.82. The molecular formula is C13H16O2. The van der Waals surface area contributed by atoms with Crippen LogP contribution < -0.4 is 4.74 Å². The third kappa shape index (κ3) is 1.58. The van der Waals surface area contributed by atoms with Crippen molar-refractivity contribution in [2.75, 3.05) is 0 Å². The highest BCUT2D eigenvalue weighted by molar-refractivity contribution is 5.38. The second-order valence-electron chi connectivity index (χ2n) is 4.80. The molecule has 1 aromatic carbocycles. The van der Waals surface area contributed by atoms with E-state index in [-0.39, 0.29) is 5.75 Å². The molecule has 2 bridgehead atoms. The van der Waals surface area contributed by atoms with Gasteiger partial charge in [0.25, 0.3) is 0 Å². The van der Waals surface area contributed by atoms with Crippen LogP contribution in [0, 0.1) is 11.8 Å². The van der Waals surface area contributed by atoms with Crippen molar-refractivity contribution >= 4 is 0 Å². The summed E-state index contributed by atoms with van der Waals surface area (Å²) in [5.41, 5.74) is 0. The lowest BCUT2D eigenvalue weighted by Crippen LogP contribution is -2.23. The zero-order valence-electron chi connectivity index (χ0n) is 8.73. The molecule has 0 aromatic heterocycles. The lowest BCUT2D eigenvalue weighted by Gasteiger charge is -2.23. The highest BCUT2D eigenvalue weighted by atomic mass is 16.5. The monoisotopic (exact) mass is 204 g/mol. The van der Waals surface area contributed by atoms with Gasteiger partial charge in [-0.2, -0.15) is 0 Å². The Balaban J connectivity index is 1.73. The van der Waals surface area contributed by atoms with Crippen LogP contribution in [-0.2, 0) is 0 Å². The van der Waals surface area contributed by atoms with Gasteiger partial charge in [-0.1, -0.05) is 12.1 Å². The van der Waals surface area contributed by atoms with E-state index in [4.69, 9.17) is 4.74 Å². The van der Waals surface area contributed by atoms with Gasteiger partial charge in [0.15, 0.2) is 11.5 Å². The highest BCUT2D eigenvalue weighted by Crippen LogP contribution is 2.46. The molecule has 2 heteroatoms. The SMILES string of the molecule is Oc1ccccc1O[C@H]1C[C@H]2CC[C@H]1C2. The van der Waals surface area contributed by atoms with E-state index in [9.17, 15) is 5.11 Å². The molecule has 3 atom stereocenters. The van der Waals surface area contributed by atoms with Crippen LogP contribution in [0.1, 0.15) is 25.7 Å². The summed E-state index contributed by atoms with van der Waals surface area (Å²) < 4.78 is 5.89. The largest absolute Gasteiger partial charge is 0.504 e. The van der Waals surface area contributed by atoms with Crippen LogP contribution in [-0.4, -0.2) is 11.2 Å². The molecule has 15 heavy (non-hydrogen) atoms. The maximum Gasteiger partial charge on any atom is 0.161 e. The lowest BCUT2D eigenvalue weighted by molar-refractivity contribution is 0.134. The number of aromatic hydroxyl groups is 1. The van der Waals surface area contributed by atoms with Crippen LogP contribution in [0.15, 0.2) is 24.3 Å². The summed E-state index contributed by atoms with van der Waals surface area (Å²) >= 11 is 0. The van der Waals surface area contributed by atoms with Crippen molar-refractivity contribution in [2.24, 2.45) is 11.8 Å².